The van der Waals surface area contributed by atoms with E-state index in [-0.39, 0.29) is 16.6 Å². The first kappa shape index (κ1) is 12.5. The lowest BCUT2D eigenvalue weighted by Crippen LogP contribution is -2.24. The second-order valence-electron chi connectivity index (χ2n) is 4.93. The summed E-state index contributed by atoms with van der Waals surface area (Å²) in [6, 6.07) is 0. The van der Waals surface area contributed by atoms with Gasteiger partial charge in [-0.3, -0.25) is 4.79 Å². The molecular weight excluding hydrogens is 208 g/mol. The number of allylic oxidation sites excluding steroid dienone is 4. The molecule has 1 atom stereocenters. The van der Waals surface area contributed by atoms with E-state index in [1.54, 1.807) is 13.0 Å². The van der Waals surface area contributed by atoms with Crippen LogP contribution in [0.4, 0.5) is 0 Å². The Morgan fingerprint density at radius 3 is 2.67 bits per heavy atom. The molecule has 15 heavy (non-hydrogen) atoms. The van der Waals surface area contributed by atoms with E-state index in [1.165, 1.54) is 11.1 Å². The molecule has 1 unspecified atom stereocenters. The highest BCUT2D eigenvalue weighted by Crippen LogP contribution is 2.42. The Morgan fingerprint density at radius 2 is 2.13 bits per heavy atom. The van der Waals surface area contributed by atoms with Gasteiger partial charge in [0.1, 0.15) is 0 Å². The standard InChI is InChI=1S/C13H19ClO/c1-9(15)5-6-11-10(2)12(14)7-8-13(11,3)4/h5-6,12H,7-8H2,1-4H3/b6-5+. The van der Waals surface area contributed by atoms with Crippen LogP contribution in [-0.4, -0.2) is 11.2 Å². The Kier molecular flexibility index (Phi) is 3.77. The van der Waals surface area contributed by atoms with Crippen molar-refractivity contribution >= 4 is 17.4 Å². The molecule has 0 bridgehead atoms. The first-order valence-corrected chi connectivity index (χ1v) is 5.82. The van der Waals surface area contributed by atoms with Gasteiger partial charge in [-0.25, -0.2) is 0 Å². The summed E-state index contributed by atoms with van der Waals surface area (Å²) in [6.07, 6.45) is 5.68. The van der Waals surface area contributed by atoms with Crippen LogP contribution >= 0.6 is 11.6 Å². The Hall–Kier alpha value is -0.560. The number of halogens is 1. The second kappa shape index (κ2) is 4.52. The molecule has 0 saturated heterocycles. The SMILES string of the molecule is CC(=O)/C=C/C1=C(C)C(Cl)CCC1(C)C. The van der Waals surface area contributed by atoms with Gasteiger partial charge < -0.3 is 0 Å². The minimum Gasteiger partial charge on any atom is -0.295 e. The van der Waals surface area contributed by atoms with Gasteiger partial charge in [0.15, 0.2) is 5.78 Å². The van der Waals surface area contributed by atoms with Crippen LogP contribution in [0.1, 0.15) is 40.5 Å². The van der Waals surface area contributed by atoms with E-state index in [1.807, 2.05) is 6.08 Å². The van der Waals surface area contributed by atoms with Gasteiger partial charge in [-0.15, -0.1) is 11.6 Å². The fourth-order valence-electron chi connectivity index (χ4n) is 2.10. The van der Waals surface area contributed by atoms with Gasteiger partial charge in [-0.1, -0.05) is 25.5 Å². The number of carbonyl (C=O) groups excluding carboxylic acids is 1. The largest absolute Gasteiger partial charge is 0.295 e. The van der Waals surface area contributed by atoms with Crippen LogP contribution in [0.5, 0.6) is 0 Å². The number of carbonyl (C=O) groups is 1. The quantitative estimate of drug-likeness (QED) is 0.516. The molecule has 0 aromatic carbocycles. The van der Waals surface area contributed by atoms with E-state index in [9.17, 15) is 4.79 Å². The number of alkyl halides is 1. The van der Waals surface area contributed by atoms with E-state index in [2.05, 4.69) is 20.8 Å². The van der Waals surface area contributed by atoms with Gasteiger partial charge in [0, 0.05) is 0 Å². The predicted octanol–water partition coefficient (Wildman–Crippen LogP) is 3.88. The molecule has 2 heteroatoms. The minimum atomic E-state index is 0.0859. The highest BCUT2D eigenvalue weighted by molar-refractivity contribution is 6.22. The fourth-order valence-corrected chi connectivity index (χ4v) is 2.33. The van der Waals surface area contributed by atoms with Gasteiger partial charge in [-0.2, -0.15) is 0 Å². The molecule has 1 aliphatic rings. The highest BCUT2D eigenvalue weighted by atomic mass is 35.5. The van der Waals surface area contributed by atoms with Gasteiger partial charge >= 0.3 is 0 Å². The maximum atomic E-state index is 10.9. The van der Waals surface area contributed by atoms with Crippen LogP contribution in [0.15, 0.2) is 23.3 Å². The van der Waals surface area contributed by atoms with E-state index in [4.69, 9.17) is 11.6 Å². The molecule has 0 aromatic heterocycles. The maximum Gasteiger partial charge on any atom is 0.152 e. The van der Waals surface area contributed by atoms with Crippen molar-refractivity contribution in [3.63, 3.8) is 0 Å². The van der Waals surface area contributed by atoms with Crippen LogP contribution in [0.3, 0.4) is 0 Å². The monoisotopic (exact) mass is 226 g/mol. The molecule has 0 aromatic rings. The van der Waals surface area contributed by atoms with Crippen LogP contribution in [-0.2, 0) is 4.79 Å². The topological polar surface area (TPSA) is 17.1 Å². The summed E-state index contributed by atoms with van der Waals surface area (Å²) in [5.41, 5.74) is 2.58. The van der Waals surface area contributed by atoms with Crippen molar-refractivity contribution in [3.05, 3.63) is 23.3 Å². The molecule has 0 heterocycles. The summed E-state index contributed by atoms with van der Waals surface area (Å²) in [4.78, 5) is 10.9. The smallest absolute Gasteiger partial charge is 0.152 e. The zero-order valence-electron chi connectivity index (χ0n) is 9.93. The lowest BCUT2D eigenvalue weighted by molar-refractivity contribution is -0.112. The van der Waals surface area contributed by atoms with Gasteiger partial charge in [0.2, 0.25) is 0 Å². The summed E-state index contributed by atoms with van der Waals surface area (Å²) >= 11 is 6.23. The summed E-state index contributed by atoms with van der Waals surface area (Å²) in [5, 5.41) is 0.129. The lowest BCUT2D eigenvalue weighted by Gasteiger charge is -2.35. The number of rotatable bonds is 2. The minimum absolute atomic E-state index is 0.0859. The van der Waals surface area contributed by atoms with Crippen molar-refractivity contribution in [3.8, 4) is 0 Å². The molecule has 0 radical (unpaired) electrons. The number of ketones is 1. The molecule has 0 N–H and O–H groups in total. The third-order valence-electron chi connectivity index (χ3n) is 3.13. The zero-order valence-corrected chi connectivity index (χ0v) is 10.7. The average molecular weight is 227 g/mol. The molecule has 0 aliphatic heterocycles. The maximum absolute atomic E-state index is 10.9. The fraction of sp³-hybridized carbons (Fsp3) is 0.615. The van der Waals surface area contributed by atoms with Crippen LogP contribution in [0, 0.1) is 5.41 Å². The summed E-state index contributed by atoms with van der Waals surface area (Å²) in [6.45, 7) is 8.05. The molecule has 1 nitrogen and oxygen atoms in total. The predicted molar refractivity (Wildman–Crippen MR) is 65.2 cm³/mol. The van der Waals surface area contributed by atoms with Crippen molar-refractivity contribution in [2.75, 3.05) is 0 Å². The molecule has 1 rings (SSSR count). The van der Waals surface area contributed by atoms with Gasteiger partial charge in [-0.05, 0) is 43.8 Å². The van der Waals surface area contributed by atoms with E-state index in [0.29, 0.717) is 0 Å². The zero-order chi connectivity index (χ0) is 11.6. The molecular formula is C13H19ClO. The summed E-state index contributed by atoms with van der Waals surface area (Å²) < 4.78 is 0. The third kappa shape index (κ3) is 2.94. The average Bonchev–Trinajstić information content (AvgIpc) is 2.11. The van der Waals surface area contributed by atoms with Crippen LogP contribution < -0.4 is 0 Å². The Bertz CT molecular complexity index is 323. The highest BCUT2D eigenvalue weighted by Gasteiger charge is 2.30. The summed E-state index contributed by atoms with van der Waals surface area (Å²) in [7, 11) is 0. The molecule has 0 spiro atoms. The molecule has 1 aliphatic carbocycles. The van der Waals surface area contributed by atoms with Crippen molar-refractivity contribution < 1.29 is 4.79 Å². The molecule has 0 fully saturated rings. The number of hydrogen-bond donors (Lipinski definition) is 0. The van der Waals surface area contributed by atoms with Crippen molar-refractivity contribution in [2.24, 2.45) is 5.41 Å². The number of hydrogen-bond acceptors (Lipinski definition) is 1. The lowest BCUT2D eigenvalue weighted by atomic mass is 9.72. The molecule has 0 saturated carbocycles. The van der Waals surface area contributed by atoms with Crippen LogP contribution in [0.25, 0.3) is 0 Å². The van der Waals surface area contributed by atoms with E-state index >= 15 is 0 Å². The van der Waals surface area contributed by atoms with Gasteiger partial charge in [0.25, 0.3) is 0 Å². The Morgan fingerprint density at radius 1 is 1.53 bits per heavy atom. The second-order valence-corrected chi connectivity index (χ2v) is 5.46. The Labute approximate surface area is 97.2 Å². The van der Waals surface area contributed by atoms with Crippen molar-refractivity contribution in [1.29, 1.82) is 0 Å². The normalized spacial score (nSPS) is 26.1. The molecule has 0 amide bonds. The Balaban J connectivity index is 3.07. The van der Waals surface area contributed by atoms with Crippen molar-refractivity contribution in [2.45, 2.75) is 45.9 Å². The van der Waals surface area contributed by atoms with Gasteiger partial charge in [0.05, 0.1) is 5.38 Å². The first-order valence-electron chi connectivity index (χ1n) is 5.38. The van der Waals surface area contributed by atoms with Crippen molar-refractivity contribution in [1.82, 2.24) is 0 Å². The third-order valence-corrected chi connectivity index (χ3v) is 3.68. The van der Waals surface area contributed by atoms with E-state index < -0.39 is 0 Å². The van der Waals surface area contributed by atoms with E-state index in [0.717, 1.165) is 12.8 Å². The van der Waals surface area contributed by atoms with Crippen LogP contribution in [0.2, 0.25) is 0 Å². The first-order chi connectivity index (χ1) is 6.84. The summed E-state index contributed by atoms with van der Waals surface area (Å²) in [5.74, 6) is 0.0859. The molecule has 84 valence electrons.